The van der Waals surface area contributed by atoms with E-state index in [4.69, 9.17) is 4.74 Å². The van der Waals surface area contributed by atoms with Gasteiger partial charge in [0, 0.05) is 25.6 Å². The summed E-state index contributed by atoms with van der Waals surface area (Å²) in [6, 6.07) is 0. The van der Waals surface area contributed by atoms with Crippen LogP contribution in [0.3, 0.4) is 0 Å². The van der Waals surface area contributed by atoms with Crippen molar-refractivity contribution in [2.24, 2.45) is 5.92 Å². The number of nitrogens with zero attached hydrogens (tertiary/aromatic N) is 2. The quantitative estimate of drug-likeness (QED) is 0.681. The van der Waals surface area contributed by atoms with Crippen LogP contribution in [0.15, 0.2) is 0 Å². The molecule has 0 bridgehead atoms. The van der Waals surface area contributed by atoms with Crippen LogP contribution >= 0.6 is 0 Å². The molecule has 2 rings (SSSR count). The van der Waals surface area contributed by atoms with Gasteiger partial charge in [0.25, 0.3) is 0 Å². The zero-order valence-electron chi connectivity index (χ0n) is 10.9. The Morgan fingerprint density at radius 1 is 1.41 bits per heavy atom. The highest BCUT2D eigenvalue weighted by atomic mass is 16.5. The van der Waals surface area contributed by atoms with Gasteiger partial charge in [0.15, 0.2) is 5.78 Å². The third kappa shape index (κ3) is 4.05. The Balaban J connectivity index is 1.62. The van der Waals surface area contributed by atoms with Crippen molar-refractivity contribution in [3.63, 3.8) is 0 Å². The molecule has 2 aliphatic rings. The normalized spacial score (nSPS) is 25.9. The van der Waals surface area contributed by atoms with Gasteiger partial charge in [-0.05, 0) is 39.4 Å². The van der Waals surface area contributed by atoms with Gasteiger partial charge in [0.05, 0.1) is 13.2 Å². The number of ether oxygens (including phenoxy) is 1. The molecule has 2 saturated heterocycles. The molecule has 1 atom stereocenters. The minimum Gasteiger partial charge on any atom is -0.381 e. The van der Waals surface area contributed by atoms with Crippen molar-refractivity contribution in [3.05, 3.63) is 0 Å². The Kier molecular flexibility index (Phi) is 4.95. The molecule has 0 aliphatic carbocycles. The van der Waals surface area contributed by atoms with Gasteiger partial charge in [-0.2, -0.15) is 0 Å². The van der Waals surface area contributed by atoms with Crippen molar-refractivity contribution in [3.8, 4) is 0 Å². The largest absolute Gasteiger partial charge is 0.381 e. The lowest BCUT2D eigenvalue weighted by Gasteiger charge is -2.21. The van der Waals surface area contributed by atoms with E-state index in [1.807, 2.05) is 7.05 Å². The van der Waals surface area contributed by atoms with Crippen LogP contribution in [0.2, 0.25) is 0 Å². The van der Waals surface area contributed by atoms with Gasteiger partial charge in [-0.25, -0.2) is 0 Å². The van der Waals surface area contributed by atoms with Crippen molar-refractivity contribution in [2.45, 2.75) is 19.3 Å². The summed E-state index contributed by atoms with van der Waals surface area (Å²) >= 11 is 0. The molecule has 0 aromatic heterocycles. The fraction of sp³-hybridized carbons (Fsp3) is 0.923. The number of hydrogen-bond donors (Lipinski definition) is 0. The van der Waals surface area contributed by atoms with Crippen LogP contribution in [0, 0.1) is 5.92 Å². The molecule has 0 aromatic carbocycles. The van der Waals surface area contributed by atoms with Crippen LogP contribution in [-0.4, -0.2) is 68.6 Å². The SMILES string of the molecule is CN(CCN1CCCC1)CC(=O)C1CCOC1. The van der Waals surface area contributed by atoms with Crippen LogP contribution in [-0.2, 0) is 9.53 Å². The van der Waals surface area contributed by atoms with E-state index in [0.29, 0.717) is 18.9 Å². The predicted octanol–water partition coefficient (Wildman–Crippen LogP) is 0.620. The molecule has 2 heterocycles. The summed E-state index contributed by atoms with van der Waals surface area (Å²) in [6.45, 7) is 6.55. The Morgan fingerprint density at radius 3 is 2.82 bits per heavy atom. The monoisotopic (exact) mass is 240 g/mol. The number of likely N-dealkylation sites (N-methyl/N-ethyl adjacent to an activating group) is 1. The van der Waals surface area contributed by atoms with E-state index >= 15 is 0 Å². The molecule has 0 aromatic rings. The lowest BCUT2D eigenvalue weighted by molar-refractivity contribution is -0.123. The minimum absolute atomic E-state index is 0.157. The highest BCUT2D eigenvalue weighted by Crippen LogP contribution is 2.13. The summed E-state index contributed by atoms with van der Waals surface area (Å²) in [7, 11) is 2.05. The number of likely N-dealkylation sites (tertiary alicyclic amines) is 1. The second kappa shape index (κ2) is 6.47. The first-order valence-corrected chi connectivity index (χ1v) is 6.77. The lowest BCUT2D eigenvalue weighted by atomic mass is 10.0. The average Bonchev–Trinajstić information content (AvgIpc) is 2.99. The van der Waals surface area contributed by atoms with Gasteiger partial charge >= 0.3 is 0 Å². The second-order valence-corrected chi connectivity index (χ2v) is 5.31. The first-order valence-electron chi connectivity index (χ1n) is 6.77. The van der Waals surface area contributed by atoms with Crippen LogP contribution in [0.1, 0.15) is 19.3 Å². The number of Topliss-reactive ketones (excluding diaryl/α,β-unsaturated/α-hetero) is 1. The van der Waals surface area contributed by atoms with E-state index in [-0.39, 0.29) is 5.92 Å². The molecule has 0 spiro atoms. The van der Waals surface area contributed by atoms with Crippen molar-refractivity contribution >= 4 is 5.78 Å². The van der Waals surface area contributed by atoms with Crippen LogP contribution in [0.5, 0.6) is 0 Å². The molecular formula is C13H24N2O2. The molecule has 4 nitrogen and oxygen atoms in total. The van der Waals surface area contributed by atoms with E-state index in [1.54, 1.807) is 0 Å². The third-order valence-electron chi connectivity index (χ3n) is 3.81. The molecule has 2 aliphatic heterocycles. The molecule has 17 heavy (non-hydrogen) atoms. The van der Waals surface area contributed by atoms with E-state index in [9.17, 15) is 4.79 Å². The van der Waals surface area contributed by atoms with Crippen LogP contribution in [0.4, 0.5) is 0 Å². The maximum atomic E-state index is 11.9. The van der Waals surface area contributed by atoms with E-state index in [0.717, 1.165) is 26.1 Å². The summed E-state index contributed by atoms with van der Waals surface area (Å²) in [5.74, 6) is 0.510. The zero-order valence-corrected chi connectivity index (χ0v) is 10.9. The molecule has 0 radical (unpaired) electrons. The van der Waals surface area contributed by atoms with Gasteiger partial charge < -0.3 is 9.64 Å². The molecule has 0 saturated carbocycles. The first-order chi connectivity index (χ1) is 8.25. The fourth-order valence-corrected chi connectivity index (χ4v) is 2.58. The summed E-state index contributed by atoms with van der Waals surface area (Å²) in [5, 5.41) is 0. The minimum atomic E-state index is 0.157. The van der Waals surface area contributed by atoms with Crippen molar-refractivity contribution in [1.29, 1.82) is 0 Å². The Bertz CT molecular complexity index is 246. The van der Waals surface area contributed by atoms with Gasteiger partial charge in [0.1, 0.15) is 0 Å². The molecule has 1 unspecified atom stereocenters. The maximum Gasteiger partial charge on any atom is 0.152 e. The number of ketones is 1. The van der Waals surface area contributed by atoms with E-state index in [2.05, 4.69) is 9.80 Å². The van der Waals surface area contributed by atoms with Gasteiger partial charge in [-0.1, -0.05) is 0 Å². The molecule has 2 fully saturated rings. The Hall–Kier alpha value is -0.450. The third-order valence-corrected chi connectivity index (χ3v) is 3.81. The number of carbonyl (C=O) groups is 1. The predicted molar refractivity (Wildman–Crippen MR) is 67.1 cm³/mol. The first kappa shape index (κ1) is 13.0. The highest BCUT2D eigenvalue weighted by molar-refractivity contribution is 5.83. The standard InChI is InChI=1S/C13H24N2O2/c1-14(7-8-15-5-2-3-6-15)10-13(16)12-4-9-17-11-12/h12H,2-11H2,1H3. The fourth-order valence-electron chi connectivity index (χ4n) is 2.58. The van der Waals surface area contributed by atoms with E-state index < -0.39 is 0 Å². The number of hydrogen-bond acceptors (Lipinski definition) is 4. The Labute approximate surface area is 104 Å². The maximum absolute atomic E-state index is 11.9. The van der Waals surface area contributed by atoms with Crippen molar-refractivity contribution in [2.75, 3.05) is 53.0 Å². The summed E-state index contributed by atoms with van der Waals surface area (Å²) in [5.41, 5.74) is 0. The van der Waals surface area contributed by atoms with Crippen molar-refractivity contribution in [1.82, 2.24) is 9.80 Å². The van der Waals surface area contributed by atoms with Crippen molar-refractivity contribution < 1.29 is 9.53 Å². The summed E-state index contributed by atoms with van der Waals surface area (Å²) < 4.78 is 5.25. The number of carbonyl (C=O) groups excluding carboxylic acids is 1. The number of rotatable bonds is 6. The average molecular weight is 240 g/mol. The van der Waals surface area contributed by atoms with Gasteiger partial charge in [-0.15, -0.1) is 0 Å². The highest BCUT2D eigenvalue weighted by Gasteiger charge is 2.24. The lowest BCUT2D eigenvalue weighted by Crippen LogP contribution is -2.36. The summed E-state index contributed by atoms with van der Waals surface area (Å²) in [6.07, 6.45) is 3.59. The molecule has 98 valence electrons. The molecular weight excluding hydrogens is 216 g/mol. The van der Waals surface area contributed by atoms with E-state index in [1.165, 1.54) is 25.9 Å². The van der Waals surface area contributed by atoms with Crippen LogP contribution in [0.25, 0.3) is 0 Å². The molecule has 4 heteroatoms. The Morgan fingerprint density at radius 2 is 2.18 bits per heavy atom. The van der Waals surface area contributed by atoms with Crippen LogP contribution < -0.4 is 0 Å². The van der Waals surface area contributed by atoms with Gasteiger partial charge in [-0.3, -0.25) is 9.69 Å². The molecule has 0 amide bonds. The summed E-state index contributed by atoms with van der Waals surface area (Å²) in [4.78, 5) is 16.6. The smallest absolute Gasteiger partial charge is 0.152 e. The second-order valence-electron chi connectivity index (χ2n) is 5.31. The van der Waals surface area contributed by atoms with Gasteiger partial charge in [0.2, 0.25) is 0 Å². The zero-order chi connectivity index (χ0) is 12.1. The molecule has 0 N–H and O–H groups in total. The topological polar surface area (TPSA) is 32.8 Å².